The van der Waals surface area contributed by atoms with Crippen LogP contribution in [0, 0.1) is 0 Å². The van der Waals surface area contributed by atoms with Crippen molar-refractivity contribution in [1.82, 2.24) is 0 Å². The fourth-order valence-corrected chi connectivity index (χ4v) is 5.27. The Morgan fingerprint density at radius 1 is 1.08 bits per heavy atom. The molecule has 0 saturated carbocycles. The molecule has 39 heavy (non-hydrogen) atoms. The number of amides is 1. The van der Waals surface area contributed by atoms with Gasteiger partial charge in [0.1, 0.15) is 15.7 Å². The Bertz CT molecular complexity index is 1710. The first-order chi connectivity index (χ1) is 18.0. The Labute approximate surface area is 256 Å². The van der Waals surface area contributed by atoms with Crippen molar-refractivity contribution in [2.24, 2.45) is 10.2 Å². The largest absolute Gasteiger partial charge is 1.00 e. The predicted molar refractivity (Wildman–Crippen MR) is 144 cm³/mol. The van der Waals surface area contributed by atoms with Crippen LogP contribution in [0.4, 0.5) is 17.1 Å². The van der Waals surface area contributed by atoms with E-state index in [2.05, 4.69) is 15.5 Å². The van der Waals surface area contributed by atoms with Gasteiger partial charge in [-0.1, -0.05) is 66.2 Å². The number of hydrogen-bond donors (Lipinski definition) is 2. The molecule has 0 unspecified atom stereocenters. The minimum absolute atomic E-state index is 0. The summed E-state index contributed by atoms with van der Waals surface area (Å²) in [5.41, 5.74) is 0.112. The molecule has 1 amide bonds. The zero-order valence-corrected chi connectivity index (χ0v) is 25.4. The van der Waals surface area contributed by atoms with Gasteiger partial charge in [0.15, 0.2) is 0 Å². The molecule has 0 saturated heterocycles. The second-order valence-electron chi connectivity index (χ2n) is 8.03. The van der Waals surface area contributed by atoms with Crippen LogP contribution in [0.1, 0.15) is 22.8 Å². The van der Waals surface area contributed by atoms with Crippen molar-refractivity contribution in [2.45, 2.75) is 18.2 Å². The molecule has 0 aromatic heterocycles. The Kier molecular flexibility index (Phi) is 10.0. The van der Waals surface area contributed by atoms with Gasteiger partial charge in [0.05, 0.1) is 24.2 Å². The van der Waals surface area contributed by atoms with Gasteiger partial charge in [0.25, 0.3) is 16.0 Å². The second kappa shape index (κ2) is 12.6. The SMILES string of the molecule is CCc1c(N=Nc2c([O-])c(C(=O)Nc3cccc(OC)c3Cl)cc3ccccc23)cc(Cl)cc1S(=O)(=O)O.[Na+]. The van der Waals surface area contributed by atoms with E-state index in [1.165, 1.54) is 19.2 Å². The summed E-state index contributed by atoms with van der Waals surface area (Å²) in [6.45, 7) is 1.67. The number of halogens is 2. The summed E-state index contributed by atoms with van der Waals surface area (Å²) in [6.07, 6.45) is 0.176. The molecule has 4 rings (SSSR count). The van der Waals surface area contributed by atoms with Crippen molar-refractivity contribution in [3.63, 3.8) is 0 Å². The fourth-order valence-electron chi connectivity index (χ4n) is 3.91. The molecule has 0 aliphatic rings. The van der Waals surface area contributed by atoms with Gasteiger partial charge in [-0.2, -0.15) is 18.6 Å². The van der Waals surface area contributed by atoms with Crippen LogP contribution in [0.3, 0.4) is 0 Å². The topological polar surface area (TPSA) is 140 Å². The van der Waals surface area contributed by atoms with Crippen molar-refractivity contribution >= 4 is 67.1 Å². The maximum Gasteiger partial charge on any atom is 1.00 e. The summed E-state index contributed by atoms with van der Waals surface area (Å²) in [4.78, 5) is 12.8. The molecule has 9 nitrogen and oxygen atoms in total. The summed E-state index contributed by atoms with van der Waals surface area (Å²) in [5, 5.41) is 25.4. The number of rotatable bonds is 7. The van der Waals surface area contributed by atoms with Gasteiger partial charge in [0.2, 0.25) is 0 Å². The predicted octanol–water partition coefficient (Wildman–Crippen LogP) is 3.71. The summed E-state index contributed by atoms with van der Waals surface area (Å²) in [7, 11) is -3.16. The first-order valence-electron chi connectivity index (χ1n) is 11.1. The first-order valence-corrected chi connectivity index (χ1v) is 13.3. The van der Waals surface area contributed by atoms with E-state index in [9.17, 15) is 22.9 Å². The van der Waals surface area contributed by atoms with Gasteiger partial charge in [-0.15, -0.1) is 0 Å². The molecule has 196 valence electrons. The zero-order chi connectivity index (χ0) is 27.6. The molecule has 0 radical (unpaired) electrons. The molecular formula is C26H20Cl2N3NaO6S. The van der Waals surface area contributed by atoms with Crippen LogP contribution in [0.15, 0.2) is 75.8 Å². The van der Waals surface area contributed by atoms with Crippen molar-refractivity contribution in [1.29, 1.82) is 0 Å². The van der Waals surface area contributed by atoms with Crippen molar-refractivity contribution in [3.05, 3.63) is 81.8 Å². The fraction of sp³-hybridized carbons (Fsp3) is 0.115. The number of nitrogens with zero attached hydrogens (tertiary/aromatic N) is 2. The number of azo groups is 1. The van der Waals surface area contributed by atoms with Crippen LogP contribution in [-0.4, -0.2) is 26.0 Å². The molecule has 4 aromatic rings. The minimum atomic E-state index is -4.59. The van der Waals surface area contributed by atoms with Gasteiger partial charge < -0.3 is 15.2 Å². The van der Waals surface area contributed by atoms with E-state index in [0.29, 0.717) is 16.5 Å². The summed E-state index contributed by atoms with van der Waals surface area (Å²) < 4.78 is 38.5. The molecule has 0 fully saturated rings. The number of benzene rings is 4. The van der Waals surface area contributed by atoms with Crippen LogP contribution in [0.2, 0.25) is 10.0 Å². The third kappa shape index (κ3) is 6.55. The van der Waals surface area contributed by atoms with E-state index in [1.54, 1.807) is 49.4 Å². The number of nitrogens with one attached hydrogen (secondary N) is 1. The van der Waals surface area contributed by atoms with Gasteiger partial charge in [-0.05, 0) is 42.1 Å². The van der Waals surface area contributed by atoms with Crippen LogP contribution in [0.5, 0.6) is 11.5 Å². The molecule has 4 aromatic carbocycles. The number of methoxy groups -OCH3 is 1. The molecule has 0 bridgehead atoms. The van der Waals surface area contributed by atoms with E-state index in [4.69, 9.17) is 27.9 Å². The van der Waals surface area contributed by atoms with Gasteiger partial charge in [-0.3, -0.25) is 9.35 Å². The number of fused-ring (bicyclic) bond motifs is 1. The monoisotopic (exact) mass is 595 g/mol. The van der Waals surface area contributed by atoms with Gasteiger partial charge in [0, 0.05) is 21.5 Å². The third-order valence-electron chi connectivity index (χ3n) is 5.69. The van der Waals surface area contributed by atoms with Crippen molar-refractivity contribution in [3.8, 4) is 11.5 Å². The molecule has 2 N–H and O–H groups in total. The first kappa shape index (κ1) is 30.8. The average Bonchev–Trinajstić information content (AvgIpc) is 2.88. The average molecular weight is 596 g/mol. The quantitative estimate of drug-likeness (QED) is 0.189. The third-order valence-corrected chi connectivity index (χ3v) is 7.22. The standard InChI is InChI=1S/C26H21Cl2N3O6S.Na/c1-3-16-20(12-15(27)13-22(16)38(34,35)36)30-31-24-17-8-5-4-7-14(17)11-18(25(24)32)26(33)29-19-9-6-10-21(37-2)23(19)28;/h4-13,32H,3H2,1-2H3,(H,29,33)(H,34,35,36);/q;+1/p-1. The molecule has 0 heterocycles. The van der Waals surface area contributed by atoms with E-state index >= 15 is 0 Å². The van der Waals surface area contributed by atoms with Crippen LogP contribution >= 0.6 is 23.2 Å². The molecule has 0 spiro atoms. The number of hydrogen-bond acceptors (Lipinski definition) is 7. The molecule has 0 aliphatic heterocycles. The molecule has 0 atom stereocenters. The number of carbonyl (C=O) groups excluding carboxylic acids is 1. The maximum absolute atomic E-state index is 13.5. The maximum atomic E-state index is 13.5. The summed E-state index contributed by atoms with van der Waals surface area (Å²) in [6, 6.07) is 15.5. The van der Waals surface area contributed by atoms with Gasteiger partial charge in [-0.25, -0.2) is 0 Å². The van der Waals surface area contributed by atoms with Crippen molar-refractivity contribution in [2.75, 3.05) is 12.4 Å². The Morgan fingerprint density at radius 3 is 2.46 bits per heavy atom. The van der Waals surface area contributed by atoms with Crippen LogP contribution < -0.4 is 44.7 Å². The van der Waals surface area contributed by atoms with E-state index in [-0.39, 0.29) is 74.2 Å². The number of anilines is 1. The number of carbonyl (C=O) groups is 1. The Morgan fingerprint density at radius 2 is 1.79 bits per heavy atom. The van der Waals surface area contributed by atoms with E-state index in [1.807, 2.05) is 0 Å². The van der Waals surface area contributed by atoms with E-state index in [0.717, 1.165) is 6.07 Å². The summed E-state index contributed by atoms with van der Waals surface area (Å²) in [5.74, 6) is -1.09. The number of ether oxygens (including phenoxy) is 1. The summed E-state index contributed by atoms with van der Waals surface area (Å²) >= 11 is 12.3. The molecule has 13 heteroatoms. The Hall–Kier alpha value is -2.70. The van der Waals surface area contributed by atoms with Crippen LogP contribution in [0.25, 0.3) is 10.8 Å². The van der Waals surface area contributed by atoms with Crippen molar-refractivity contribution < 1.29 is 57.2 Å². The minimum Gasteiger partial charge on any atom is -0.870 e. The molecule has 0 aliphatic carbocycles. The van der Waals surface area contributed by atoms with Crippen LogP contribution in [-0.2, 0) is 16.5 Å². The molecular weight excluding hydrogens is 576 g/mol. The van der Waals surface area contributed by atoms with Gasteiger partial charge >= 0.3 is 29.6 Å². The van der Waals surface area contributed by atoms with E-state index < -0.39 is 26.7 Å². The zero-order valence-electron chi connectivity index (χ0n) is 21.0. The second-order valence-corrected chi connectivity index (χ2v) is 10.2. The normalized spacial score (nSPS) is 11.4. The Balaban J connectivity index is 0.00000420. The smallest absolute Gasteiger partial charge is 0.870 e.